The molecule has 0 unspecified atom stereocenters. The highest BCUT2D eigenvalue weighted by Gasteiger charge is 2.58. The largest absolute Gasteiger partial charge is 0.236 e. The van der Waals surface area contributed by atoms with E-state index in [0.29, 0.717) is 0 Å². The van der Waals surface area contributed by atoms with Crippen LogP contribution >= 0.6 is 11.8 Å². The average molecular weight is 249 g/mol. The molecule has 4 bridgehead atoms. The van der Waals surface area contributed by atoms with E-state index in [1.807, 2.05) is 18.1 Å². The molecule has 0 aliphatic heterocycles. The Morgan fingerprint density at radius 2 is 1.76 bits per heavy atom. The van der Waals surface area contributed by atoms with Crippen molar-refractivity contribution in [2.45, 2.75) is 37.0 Å². The molecule has 3 nitrogen and oxygen atoms in total. The van der Waals surface area contributed by atoms with E-state index in [1.165, 1.54) is 32.1 Å². The molecular formula is C13H19N3S. The zero-order chi connectivity index (χ0) is 11.5. The van der Waals surface area contributed by atoms with Crippen LogP contribution in [0, 0.1) is 23.7 Å². The second kappa shape index (κ2) is 3.50. The van der Waals surface area contributed by atoms with Gasteiger partial charge in [-0.05, 0) is 62.0 Å². The van der Waals surface area contributed by atoms with Gasteiger partial charge in [-0.25, -0.2) is 9.67 Å². The smallest absolute Gasteiger partial charge is 0.137 e. The van der Waals surface area contributed by atoms with Gasteiger partial charge >= 0.3 is 0 Å². The predicted octanol–water partition coefficient (Wildman–Crippen LogP) is 2.75. The van der Waals surface area contributed by atoms with Crippen LogP contribution in [0.5, 0.6) is 0 Å². The molecule has 1 heterocycles. The normalized spacial score (nSPS) is 47.6. The molecule has 5 rings (SSSR count). The van der Waals surface area contributed by atoms with Crippen LogP contribution in [0.15, 0.2) is 12.7 Å². The Morgan fingerprint density at radius 3 is 2.24 bits per heavy atom. The van der Waals surface area contributed by atoms with Crippen molar-refractivity contribution >= 4 is 11.8 Å². The minimum atomic E-state index is 0.226. The van der Waals surface area contributed by atoms with Crippen molar-refractivity contribution in [3.8, 4) is 0 Å². The molecular weight excluding hydrogens is 230 g/mol. The Balaban J connectivity index is 1.81. The zero-order valence-corrected chi connectivity index (χ0v) is 11.1. The van der Waals surface area contributed by atoms with Gasteiger partial charge in [0, 0.05) is 0 Å². The molecule has 4 aliphatic rings. The predicted molar refractivity (Wildman–Crippen MR) is 68.6 cm³/mol. The van der Waals surface area contributed by atoms with Crippen LogP contribution in [-0.2, 0) is 4.87 Å². The van der Waals surface area contributed by atoms with Crippen LogP contribution in [0.1, 0.15) is 32.1 Å². The van der Waals surface area contributed by atoms with E-state index in [1.54, 1.807) is 6.33 Å². The first-order chi connectivity index (χ1) is 8.33. The van der Waals surface area contributed by atoms with Crippen molar-refractivity contribution in [2.24, 2.45) is 23.7 Å². The lowest BCUT2D eigenvalue weighted by Crippen LogP contribution is -2.56. The fourth-order valence-corrected chi connectivity index (χ4v) is 6.38. The van der Waals surface area contributed by atoms with Crippen molar-refractivity contribution in [3.63, 3.8) is 0 Å². The summed E-state index contributed by atoms with van der Waals surface area (Å²) >= 11 is 2.03. The number of thioether (sulfide) groups is 1. The maximum atomic E-state index is 4.49. The highest BCUT2D eigenvalue weighted by atomic mass is 32.2. The van der Waals surface area contributed by atoms with Gasteiger partial charge in [0.1, 0.15) is 17.5 Å². The third-order valence-corrected chi connectivity index (χ3v) is 6.92. The van der Waals surface area contributed by atoms with E-state index < -0.39 is 0 Å². The summed E-state index contributed by atoms with van der Waals surface area (Å²) in [5.41, 5.74) is 0. The molecule has 0 saturated heterocycles. The van der Waals surface area contributed by atoms with Crippen LogP contribution in [0.2, 0.25) is 0 Å². The quantitative estimate of drug-likeness (QED) is 0.807. The molecule has 0 spiro atoms. The van der Waals surface area contributed by atoms with E-state index in [-0.39, 0.29) is 4.87 Å². The summed E-state index contributed by atoms with van der Waals surface area (Å²) in [6, 6.07) is 0. The second-order valence-corrected chi connectivity index (χ2v) is 7.16. The van der Waals surface area contributed by atoms with Crippen molar-refractivity contribution in [1.82, 2.24) is 14.8 Å². The van der Waals surface area contributed by atoms with Gasteiger partial charge in [-0.2, -0.15) is 5.10 Å². The summed E-state index contributed by atoms with van der Waals surface area (Å²) in [6.07, 6.45) is 13.1. The lowest BCUT2D eigenvalue weighted by atomic mass is 9.53. The van der Waals surface area contributed by atoms with Crippen molar-refractivity contribution in [3.05, 3.63) is 12.7 Å². The SMILES string of the molecule is CSC1(n2cncn2)C2CC3CC(C2)CC1C3. The first-order valence-corrected chi connectivity index (χ1v) is 7.95. The fraction of sp³-hybridized carbons (Fsp3) is 0.846. The molecule has 0 amide bonds. The van der Waals surface area contributed by atoms with Gasteiger partial charge in [-0.1, -0.05) is 0 Å². The Bertz CT molecular complexity index is 386. The third-order valence-electron chi connectivity index (χ3n) is 5.41. The van der Waals surface area contributed by atoms with Gasteiger partial charge in [0.15, 0.2) is 0 Å². The summed E-state index contributed by atoms with van der Waals surface area (Å²) in [6.45, 7) is 0. The molecule has 4 aliphatic carbocycles. The van der Waals surface area contributed by atoms with Crippen LogP contribution in [0.4, 0.5) is 0 Å². The number of aromatic nitrogens is 3. The molecule has 1 aromatic rings. The van der Waals surface area contributed by atoms with Gasteiger partial charge in [-0.3, -0.25) is 0 Å². The average Bonchev–Trinajstić information content (AvgIpc) is 2.83. The second-order valence-electron chi connectivity index (χ2n) is 6.10. The van der Waals surface area contributed by atoms with Crippen molar-refractivity contribution < 1.29 is 0 Å². The summed E-state index contributed by atoms with van der Waals surface area (Å²) in [4.78, 5) is 4.41. The third kappa shape index (κ3) is 1.25. The Morgan fingerprint density at radius 1 is 1.12 bits per heavy atom. The van der Waals surface area contributed by atoms with Crippen molar-refractivity contribution in [1.29, 1.82) is 0 Å². The van der Waals surface area contributed by atoms with Gasteiger partial charge in [0.05, 0.1) is 0 Å². The first kappa shape index (κ1) is 10.4. The molecule has 0 radical (unpaired) electrons. The lowest BCUT2D eigenvalue weighted by molar-refractivity contribution is -0.0532. The summed E-state index contributed by atoms with van der Waals surface area (Å²) in [7, 11) is 0. The fourth-order valence-electron chi connectivity index (χ4n) is 5.05. The van der Waals surface area contributed by atoms with E-state index in [2.05, 4.69) is 21.0 Å². The van der Waals surface area contributed by atoms with E-state index in [9.17, 15) is 0 Å². The van der Waals surface area contributed by atoms with Gasteiger partial charge < -0.3 is 0 Å². The molecule has 4 saturated carbocycles. The number of hydrogen-bond acceptors (Lipinski definition) is 3. The zero-order valence-electron chi connectivity index (χ0n) is 10.2. The van der Waals surface area contributed by atoms with Crippen LogP contribution in [0.25, 0.3) is 0 Å². The highest BCUT2D eigenvalue weighted by molar-refractivity contribution is 7.99. The van der Waals surface area contributed by atoms with Crippen molar-refractivity contribution in [2.75, 3.05) is 6.26 Å². The molecule has 0 N–H and O–H groups in total. The Hall–Kier alpha value is -0.510. The van der Waals surface area contributed by atoms with E-state index in [4.69, 9.17) is 0 Å². The molecule has 4 fully saturated rings. The van der Waals surface area contributed by atoms with Crippen LogP contribution in [-0.4, -0.2) is 21.0 Å². The van der Waals surface area contributed by atoms with Crippen LogP contribution in [0.3, 0.4) is 0 Å². The summed E-state index contributed by atoms with van der Waals surface area (Å²) in [5, 5.41) is 4.49. The van der Waals surface area contributed by atoms with Gasteiger partial charge in [-0.15, -0.1) is 11.8 Å². The molecule has 0 aromatic carbocycles. The maximum absolute atomic E-state index is 4.49. The molecule has 92 valence electrons. The number of hydrogen-bond donors (Lipinski definition) is 0. The van der Waals surface area contributed by atoms with Gasteiger partial charge in [0.2, 0.25) is 0 Å². The molecule has 0 atom stereocenters. The molecule has 17 heavy (non-hydrogen) atoms. The number of nitrogens with zero attached hydrogens (tertiary/aromatic N) is 3. The minimum absolute atomic E-state index is 0.226. The molecule has 4 heteroatoms. The van der Waals surface area contributed by atoms with Crippen LogP contribution < -0.4 is 0 Å². The molecule has 1 aromatic heterocycles. The summed E-state index contributed by atoms with van der Waals surface area (Å²) < 4.78 is 2.19. The standard InChI is InChI=1S/C13H19N3S/c1-17-13(16-8-14-7-15-16)11-3-9-2-10(5-11)6-12(13)4-9/h7-12H,2-6H2,1H3. The Labute approximate surface area is 106 Å². The Kier molecular flexibility index (Phi) is 2.14. The number of rotatable bonds is 2. The first-order valence-electron chi connectivity index (χ1n) is 6.73. The highest BCUT2D eigenvalue weighted by Crippen LogP contribution is 2.64. The monoisotopic (exact) mass is 249 g/mol. The minimum Gasteiger partial charge on any atom is -0.236 e. The lowest BCUT2D eigenvalue weighted by Gasteiger charge is -2.60. The van der Waals surface area contributed by atoms with Gasteiger partial charge in [0.25, 0.3) is 0 Å². The van der Waals surface area contributed by atoms with E-state index >= 15 is 0 Å². The van der Waals surface area contributed by atoms with E-state index in [0.717, 1.165) is 23.7 Å². The summed E-state index contributed by atoms with van der Waals surface area (Å²) in [5.74, 6) is 3.69. The maximum Gasteiger partial charge on any atom is 0.137 e. The topological polar surface area (TPSA) is 30.7 Å².